The van der Waals surface area contributed by atoms with Crippen LogP contribution in [0.15, 0.2) is 83.7 Å². The lowest BCUT2D eigenvalue weighted by atomic mass is 10.0. The molecule has 0 amide bonds. The molecule has 3 heterocycles. The number of para-hydroxylation sites is 1. The smallest absolute Gasteiger partial charge is 0.356 e. The Balaban J connectivity index is 1.23. The molecule has 2 aromatic carbocycles. The number of nitrogens with zero attached hydrogens (tertiary/aromatic N) is 4. The topological polar surface area (TPSA) is 140 Å². The van der Waals surface area contributed by atoms with Crippen LogP contribution < -0.4 is 5.73 Å². The molecule has 0 saturated heterocycles. The lowest BCUT2D eigenvalue weighted by molar-refractivity contribution is 0.110. The quantitative estimate of drug-likeness (QED) is 0.316. The van der Waals surface area contributed by atoms with Gasteiger partial charge in [-0.15, -0.1) is 0 Å². The third-order valence-corrected chi connectivity index (χ3v) is 6.19. The normalized spacial score (nSPS) is 16.1. The zero-order valence-electron chi connectivity index (χ0n) is 18.6. The Labute approximate surface area is 201 Å². The molecule has 0 saturated carbocycles. The van der Waals surface area contributed by atoms with E-state index >= 15 is 0 Å². The van der Waals surface area contributed by atoms with Gasteiger partial charge in [0, 0.05) is 29.6 Å². The van der Waals surface area contributed by atoms with Crippen LogP contribution in [0.5, 0.6) is 0 Å². The van der Waals surface area contributed by atoms with Gasteiger partial charge in [0.2, 0.25) is 0 Å². The number of hydrogen-bond acceptors (Lipinski definition) is 7. The van der Waals surface area contributed by atoms with Gasteiger partial charge in [0.25, 0.3) is 0 Å². The van der Waals surface area contributed by atoms with Gasteiger partial charge < -0.3 is 24.9 Å². The summed E-state index contributed by atoms with van der Waals surface area (Å²) >= 11 is 0. The molecule has 0 fully saturated rings. The van der Waals surface area contributed by atoms with E-state index in [1.807, 2.05) is 35.1 Å². The molecule has 2 aromatic heterocycles. The highest BCUT2D eigenvalue weighted by molar-refractivity contribution is 7.46. The third kappa shape index (κ3) is 5.43. The fraction of sp³-hybridized carbons (Fsp3) is 0.167. The van der Waals surface area contributed by atoms with Crippen molar-refractivity contribution >= 4 is 24.3 Å². The van der Waals surface area contributed by atoms with Gasteiger partial charge in [-0.25, -0.2) is 4.57 Å². The number of rotatable bonds is 8. The molecule has 1 aliphatic rings. The molecule has 1 aliphatic heterocycles. The van der Waals surface area contributed by atoms with Crippen molar-refractivity contribution in [3.8, 4) is 0 Å². The number of fused-ring (bicyclic) bond motifs is 1. The fourth-order valence-corrected chi connectivity index (χ4v) is 4.23. The zero-order valence-corrected chi connectivity index (χ0v) is 19.5. The second-order valence-corrected chi connectivity index (χ2v) is 9.45. The van der Waals surface area contributed by atoms with E-state index in [9.17, 15) is 4.57 Å². The summed E-state index contributed by atoms with van der Waals surface area (Å²) in [7, 11) is -4.61. The van der Waals surface area contributed by atoms with Crippen LogP contribution >= 0.6 is 7.82 Å². The van der Waals surface area contributed by atoms with E-state index in [4.69, 9.17) is 20.0 Å². The van der Waals surface area contributed by atoms with E-state index in [-0.39, 0.29) is 6.73 Å². The van der Waals surface area contributed by atoms with Crippen LogP contribution in [0.1, 0.15) is 22.6 Å². The molecular formula is C24H24N5O5P. The van der Waals surface area contributed by atoms with Crippen LogP contribution in [0.4, 0.5) is 0 Å². The van der Waals surface area contributed by atoms with Gasteiger partial charge in [0.05, 0.1) is 24.0 Å². The van der Waals surface area contributed by atoms with Gasteiger partial charge in [-0.1, -0.05) is 53.7 Å². The zero-order chi connectivity index (χ0) is 24.4. The highest BCUT2D eigenvalue weighted by atomic mass is 31.2. The number of benzene rings is 2. The average molecular weight is 493 g/mol. The van der Waals surface area contributed by atoms with Crippen molar-refractivity contribution in [2.45, 2.75) is 19.1 Å². The van der Waals surface area contributed by atoms with E-state index in [2.05, 4.69) is 45.1 Å². The standard InChI is InChI=1S/C24H24N5O5P/c25-24-21(5-3-11-28(24)16-33-35(30,31)32)23-13-20(27-34-23)12-17-7-9-18(10-8-17)15-29-22-6-2-1-4-19(22)14-26-29/h1-11,13-14,24H,12,15-16,25H2,(H2,30,31,32). The lowest BCUT2D eigenvalue weighted by Gasteiger charge is -2.30. The molecular weight excluding hydrogens is 469 g/mol. The van der Waals surface area contributed by atoms with E-state index in [1.54, 1.807) is 18.4 Å². The molecule has 4 N–H and O–H groups in total. The van der Waals surface area contributed by atoms with Crippen LogP contribution in [-0.4, -0.2) is 42.5 Å². The number of aromatic nitrogens is 3. The first-order valence-corrected chi connectivity index (χ1v) is 12.4. The molecule has 10 nitrogen and oxygen atoms in total. The Morgan fingerprint density at radius 1 is 1.11 bits per heavy atom. The summed E-state index contributed by atoms with van der Waals surface area (Å²) in [6.45, 7) is 0.324. The van der Waals surface area contributed by atoms with Gasteiger partial charge in [-0.3, -0.25) is 9.21 Å². The van der Waals surface area contributed by atoms with Crippen LogP contribution in [-0.2, 0) is 22.1 Å². The Bertz CT molecular complexity index is 1440. The summed E-state index contributed by atoms with van der Waals surface area (Å²) < 4.78 is 23.0. The van der Waals surface area contributed by atoms with E-state index < -0.39 is 14.0 Å². The van der Waals surface area contributed by atoms with Crippen LogP contribution in [0.2, 0.25) is 0 Å². The minimum absolute atomic E-state index is 0.360. The lowest BCUT2D eigenvalue weighted by Crippen LogP contribution is -2.41. The van der Waals surface area contributed by atoms with E-state index in [1.165, 1.54) is 4.90 Å². The molecule has 0 spiro atoms. The SMILES string of the molecule is NC1C(c2cc(Cc3ccc(Cn4ncc5ccccc54)cc3)no2)=CC=CN1COP(=O)(O)O. The highest BCUT2D eigenvalue weighted by Crippen LogP contribution is 2.36. The molecule has 1 unspecified atom stereocenters. The Kier molecular flexibility index (Phi) is 6.38. The van der Waals surface area contributed by atoms with Crippen LogP contribution in [0.3, 0.4) is 0 Å². The molecule has 1 atom stereocenters. The summed E-state index contributed by atoms with van der Waals surface area (Å²) in [5.74, 6) is 0.486. The first kappa shape index (κ1) is 23.2. The van der Waals surface area contributed by atoms with Gasteiger partial charge in [-0.05, 0) is 23.3 Å². The van der Waals surface area contributed by atoms with Gasteiger partial charge in [0.15, 0.2) is 5.76 Å². The maximum absolute atomic E-state index is 11.0. The molecule has 4 aromatic rings. The van der Waals surface area contributed by atoms with Gasteiger partial charge in [-0.2, -0.15) is 5.10 Å². The Morgan fingerprint density at radius 3 is 2.69 bits per heavy atom. The fourth-order valence-electron chi connectivity index (χ4n) is 3.95. The summed E-state index contributed by atoms with van der Waals surface area (Å²) in [4.78, 5) is 19.3. The number of hydrogen-bond donors (Lipinski definition) is 3. The molecule has 5 rings (SSSR count). The van der Waals surface area contributed by atoms with Gasteiger partial charge >= 0.3 is 7.82 Å². The second kappa shape index (κ2) is 9.61. The van der Waals surface area contributed by atoms with Crippen molar-refractivity contribution in [3.05, 3.63) is 102 Å². The second-order valence-electron chi connectivity index (χ2n) is 8.21. The summed E-state index contributed by atoms with van der Waals surface area (Å²) in [5, 5.41) is 9.77. The Hall–Kier alpha value is -3.53. The molecule has 0 bridgehead atoms. The van der Waals surface area contributed by atoms with Crippen molar-refractivity contribution in [3.63, 3.8) is 0 Å². The molecule has 35 heavy (non-hydrogen) atoms. The van der Waals surface area contributed by atoms with E-state index in [0.29, 0.717) is 24.3 Å². The maximum atomic E-state index is 11.0. The third-order valence-electron chi connectivity index (χ3n) is 5.74. The summed E-state index contributed by atoms with van der Waals surface area (Å²) in [6, 6.07) is 18.2. The number of nitrogens with two attached hydrogens (primary N) is 1. The monoisotopic (exact) mass is 493 g/mol. The summed E-state index contributed by atoms with van der Waals surface area (Å²) in [5.41, 5.74) is 10.9. The Morgan fingerprint density at radius 2 is 1.89 bits per heavy atom. The highest BCUT2D eigenvalue weighted by Gasteiger charge is 2.25. The van der Waals surface area contributed by atoms with Crippen LogP contribution in [0, 0.1) is 0 Å². The van der Waals surface area contributed by atoms with Crippen molar-refractivity contribution < 1.29 is 23.4 Å². The number of allylic oxidation sites excluding steroid dienone is 2. The first-order chi connectivity index (χ1) is 16.9. The molecule has 0 radical (unpaired) electrons. The average Bonchev–Trinajstić information content (AvgIpc) is 3.46. The van der Waals surface area contributed by atoms with Crippen molar-refractivity contribution in [2.75, 3.05) is 6.73 Å². The van der Waals surface area contributed by atoms with Crippen molar-refractivity contribution in [1.29, 1.82) is 0 Å². The molecule has 180 valence electrons. The number of phosphoric acid groups is 1. The predicted molar refractivity (Wildman–Crippen MR) is 130 cm³/mol. The van der Waals surface area contributed by atoms with E-state index in [0.717, 1.165) is 27.7 Å². The minimum Gasteiger partial charge on any atom is -0.356 e. The van der Waals surface area contributed by atoms with Crippen molar-refractivity contribution in [2.24, 2.45) is 5.73 Å². The predicted octanol–water partition coefficient (Wildman–Crippen LogP) is 3.23. The summed E-state index contributed by atoms with van der Waals surface area (Å²) in [6.07, 6.45) is 6.82. The molecule has 0 aliphatic carbocycles. The van der Waals surface area contributed by atoms with Gasteiger partial charge in [0.1, 0.15) is 12.9 Å². The largest absolute Gasteiger partial charge is 0.471 e. The van der Waals surface area contributed by atoms with Crippen LogP contribution in [0.25, 0.3) is 16.5 Å². The van der Waals surface area contributed by atoms with Crippen molar-refractivity contribution in [1.82, 2.24) is 19.8 Å². The minimum atomic E-state index is -4.61. The maximum Gasteiger partial charge on any atom is 0.471 e. The number of phosphoric ester groups is 1. The molecule has 11 heteroatoms. The first-order valence-electron chi connectivity index (χ1n) is 10.9.